The fraction of sp³-hybridized carbons (Fsp3) is 0.200. The van der Waals surface area contributed by atoms with Crippen LogP contribution in [0.1, 0.15) is 5.82 Å². The smallest absolute Gasteiger partial charge is 0.260 e. The summed E-state index contributed by atoms with van der Waals surface area (Å²) in [7, 11) is -3.19. The van der Waals surface area contributed by atoms with Crippen molar-refractivity contribution < 1.29 is 12.9 Å². The number of nitrogens with zero attached hydrogens (tertiary/aromatic N) is 2. The summed E-state index contributed by atoms with van der Waals surface area (Å²) in [5.74, 6) is 0.0593. The van der Waals surface area contributed by atoms with Crippen LogP contribution in [0.3, 0.4) is 0 Å². The van der Waals surface area contributed by atoms with E-state index in [0.717, 1.165) is 6.26 Å². The van der Waals surface area contributed by atoms with Crippen LogP contribution >= 0.6 is 15.9 Å². The van der Waals surface area contributed by atoms with Gasteiger partial charge in [0.25, 0.3) is 5.89 Å². The van der Waals surface area contributed by atoms with Gasteiger partial charge in [-0.05, 0) is 28.1 Å². The molecule has 1 aromatic carbocycles. The number of hydrogen-bond donors (Lipinski definition) is 1. The molecule has 8 heteroatoms. The molecule has 0 saturated carbocycles. The summed E-state index contributed by atoms with van der Waals surface area (Å²) in [4.78, 5) is 4.01. The van der Waals surface area contributed by atoms with Crippen molar-refractivity contribution >= 4 is 31.5 Å². The van der Waals surface area contributed by atoms with E-state index in [2.05, 4.69) is 26.1 Å². The molecule has 2 aromatic rings. The minimum atomic E-state index is -3.19. The zero-order valence-corrected chi connectivity index (χ0v) is 11.8. The normalized spacial score (nSPS) is 11.7. The highest BCUT2D eigenvalue weighted by Crippen LogP contribution is 2.30. The summed E-state index contributed by atoms with van der Waals surface area (Å²) in [5.41, 5.74) is 6.89. The molecule has 0 aliphatic heterocycles. The van der Waals surface area contributed by atoms with E-state index in [1.807, 2.05) is 0 Å². The zero-order chi connectivity index (χ0) is 13.3. The van der Waals surface area contributed by atoms with E-state index in [1.54, 1.807) is 18.2 Å². The summed E-state index contributed by atoms with van der Waals surface area (Å²) in [6.45, 7) is 0. The van der Waals surface area contributed by atoms with Gasteiger partial charge in [0.1, 0.15) is 5.75 Å². The average Bonchev–Trinajstić information content (AvgIpc) is 2.68. The number of hydrogen-bond acceptors (Lipinski definition) is 6. The largest absolute Gasteiger partial charge is 0.397 e. The third-order valence-electron chi connectivity index (χ3n) is 2.14. The minimum absolute atomic E-state index is 0.117. The Morgan fingerprint density at radius 3 is 2.83 bits per heavy atom. The zero-order valence-electron chi connectivity index (χ0n) is 9.42. The number of sulfone groups is 1. The van der Waals surface area contributed by atoms with Crippen LogP contribution in [0.4, 0.5) is 5.69 Å². The first-order valence-corrected chi connectivity index (χ1v) is 7.77. The van der Waals surface area contributed by atoms with Gasteiger partial charge in [0.15, 0.2) is 15.7 Å². The lowest BCUT2D eigenvalue weighted by Crippen LogP contribution is -2.02. The number of halogens is 1. The van der Waals surface area contributed by atoms with E-state index >= 15 is 0 Å². The SMILES string of the molecule is CS(=O)(=O)Cc1noc(-c2cccc(Br)c2N)n1. The Morgan fingerprint density at radius 1 is 1.44 bits per heavy atom. The molecule has 18 heavy (non-hydrogen) atoms. The summed E-state index contributed by atoms with van der Waals surface area (Å²) in [6.07, 6.45) is 1.11. The van der Waals surface area contributed by atoms with Gasteiger partial charge >= 0.3 is 0 Å². The van der Waals surface area contributed by atoms with Crippen molar-refractivity contribution in [3.05, 3.63) is 28.5 Å². The van der Waals surface area contributed by atoms with Gasteiger partial charge in [-0.15, -0.1) is 0 Å². The maximum absolute atomic E-state index is 11.1. The Kier molecular flexibility index (Phi) is 3.40. The fourth-order valence-corrected chi connectivity index (χ4v) is 2.33. The lowest BCUT2D eigenvalue weighted by Gasteiger charge is -2.01. The molecule has 0 unspecified atom stereocenters. The third-order valence-corrected chi connectivity index (χ3v) is 3.62. The first-order valence-electron chi connectivity index (χ1n) is 4.91. The Hall–Kier alpha value is -1.41. The summed E-state index contributed by atoms with van der Waals surface area (Å²) in [5, 5.41) is 3.61. The number of nitrogens with two attached hydrogens (primary N) is 1. The van der Waals surface area contributed by atoms with Gasteiger partial charge in [-0.1, -0.05) is 11.2 Å². The second-order valence-corrected chi connectivity index (χ2v) is 6.78. The van der Waals surface area contributed by atoms with E-state index in [4.69, 9.17) is 10.3 Å². The lowest BCUT2D eigenvalue weighted by atomic mass is 10.2. The first kappa shape index (κ1) is 13.0. The molecular formula is C10H10BrN3O3S. The number of rotatable bonds is 3. The molecule has 0 radical (unpaired) electrons. The van der Waals surface area contributed by atoms with Crippen molar-refractivity contribution in [1.29, 1.82) is 0 Å². The molecule has 2 rings (SSSR count). The fourth-order valence-electron chi connectivity index (χ4n) is 1.38. The molecular weight excluding hydrogens is 322 g/mol. The predicted molar refractivity (Wildman–Crippen MR) is 70.4 cm³/mol. The van der Waals surface area contributed by atoms with Crippen molar-refractivity contribution in [2.45, 2.75) is 5.75 Å². The Bertz CT molecular complexity index is 681. The highest BCUT2D eigenvalue weighted by atomic mass is 79.9. The monoisotopic (exact) mass is 331 g/mol. The molecule has 2 N–H and O–H groups in total. The maximum Gasteiger partial charge on any atom is 0.260 e. The molecule has 1 heterocycles. The van der Waals surface area contributed by atoms with E-state index in [9.17, 15) is 8.42 Å². The molecule has 96 valence electrons. The van der Waals surface area contributed by atoms with Crippen molar-refractivity contribution in [2.75, 3.05) is 12.0 Å². The molecule has 0 amide bonds. The van der Waals surface area contributed by atoms with Crippen LogP contribution in [0.5, 0.6) is 0 Å². The van der Waals surface area contributed by atoms with E-state index in [0.29, 0.717) is 15.7 Å². The summed E-state index contributed by atoms with van der Waals surface area (Å²) < 4.78 is 27.9. The first-order chi connectivity index (χ1) is 8.37. The van der Waals surface area contributed by atoms with Gasteiger partial charge < -0.3 is 10.3 Å². The van der Waals surface area contributed by atoms with Crippen LogP contribution in [-0.4, -0.2) is 24.8 Å². The molecule has 0 spiro atoms. The second kappa shape index (κ2) is 4.69. The van der Waals surface area contributed by atoms with Crippen molar-refractivity contribution in [3.8, 4) is 11.5 Å². The highest BCUT2D eigenvalue weighted by Gasteiger charge is 2.15. The van der Waals surface area contributed by atoms with Gasteiger partial charge in [-0.3, -0.25) is 0 Å². The second-order valence-electron chi connectivity index (χ2n) is 3.79. The number of aromatic nitrogens is 2. The predicted octanol–water partition coefficient (Wildman–Crippen LogP) is 1.63. The van der Waals surface area contributed by atoms with Crippen LogP contribution in [-0.2, 0) is 15.6 Å². The summed E-state index contributed by atoms with van der Waals surface area (Å²) in [6, 6.07) is 5.28. The standard InChI is InChI=1S/C10H10BrN3O3S/c1-18(15,16)5-8-13-10(17-14-8)6-3-2-4-7(11)9(6)12/h2-4H,5,12H2,1H3. The van der Waals surface area contributed by atoms with Gasteiger partial charge in [-0.2, -0.15) is 4.98 Å². The van der Waals surface area contributed by atoms with Crippen LogP contribution in [0.2, 0.25) is 0 Å². The third kappa shape index (κ3) is 2.88. The van der Waals surface area contributed by atoms with Crippen LogP contribution in [0, 0.1) is 0 Å². The number of nitrogen functional groups attached to an aromatic ring is 1. The topological polar surface area (TPSA) is 99.1 Å². The Balaban J connectivity index is 2.38. The van der Waals surface area contributed by atoms with Gasteiger partial charge in [0, 0.05) is 10.7 Å². The van der Waals surface area contributed by atoms with Crippen LogP contribution in [0.25, 0.3) is 11.5 Å². The molecule has 0 saturated heterocycles. The van der Waals surface area contributed by atoms with Gasteiger partial charge in [0.05, 0.1) is 11.3 Å². The van der Waals surface area contributed by atoms with E-state index < -0.39 is 9.84 Å². The van der Waals surface area contributed by atoms with Crippen LogP contribution < -0.4 is 5.73 Å². The van der Waals surface area contributed by atoms with E-state index in [-0.39, 0.29) is 17.5 Å². The minimum Gasteiger partial charge on any atom is -0.397 e. The molecule has 0 fully saturated rings. The number of benzene rings is 1. The van der Waals surface area contributed by atoms with Crippen LogP contribution in [0.15, 0.2) is 27.2 Å². The molecule has 6 nitrogen and oxygen atoms in total. The van der Waals surface area contributed by atoms with Crippen molar-refractivity contribution in [3.63, 3.8) is 0 Å². The van der Waals surface area contributed by atoms with Gasteiger partial charge in [0.2, 0.25) is 0 Å². The number of para-hydroxylation sites is 1. The Labute approximate surface area is 112 Å². The quantitative estimate of drug-likeness (QED) is 0.858. The molecule has 0 aliphatic rings. The highest BCUT2D eigenvalue weighted by molar-refractivity contribution is 9.10. The molecule has 0 atom stereocenters. The molecule has 0 bridgehead atoms. The molecule has 1 aromatic heterocycles. The Morgan fingerprint density at radius 2 is 2.17 bits per heavy atom. The van der Waals surface area contributed by atoms with E-state index in [1.165, 1.54) is 0 Å². The average molecular weight is 332 g/mol. The lowest BCUT2D eigenvalue weighted by molar-refractivity contribution is 0.424. The summed E-state index contributed by atoms with van der Waals surface area (Å²) >= 11 is 3.29. The van der Waals surface area contributed by atoms with Crippen molar-refractivity contribution in [1.82, 2.24) is 10.1 Å². The molecule has 0 aliphatic carbocycles. The van der Waals surface area contributed by atoms with Crippen molar-refractivity contribution in [2.24, 2.45) is 0 Å². The number of anilines is 1. The maximum atomic E-state index is 11.1. The van der Waals surface area contributed by atoms with Gasteiger partial charge in [-0.25, -0.2) is 8.42 Å².